The fourth-order valence-electron chi connectivity index (χ4n) is 4.75. The van der Waals surface area contributed by atoms with Crippen LogP contribution in [-0.2, 0) is 28.3 Å². The summed E-state index contributed by atoms with van der Waals surface area (Å²) < 4.78 is 26.9. The van der Waals surface area contributed by atoms with Crippen molar-refractivity contribution in [3.05, 3.63) is 51.1 Å². The maximum absolute atomic E-state index is 15.1. The smallest absolute Gasteiger partial charge is 0.412 e. The minimum Gasteiger partial charge on any atom is -0.458 e. The molecule has 0 bridgehead atoms. The van der Waals surface area contributed by atoms with Crippen LogP contribution in [-0.4, -0.2) is 39.8 Å². The van der Waals surface area contributed by atoms with Crippen LogP contribution in [0.25, 0.3) is 22.3 Å². The van der Waals surface area contributed by atoms with Gasteiger partial charge in [-0.3, -0.25) is 4.79 Å². The van der Waals surface area contributed by atoms with E-state index in [-0.39, 0.29) is 59.3 Å². The number of carbonyl (C=O) groups excluding carboxylic acids is 2. The van der Waals surface area contributed by atoms with Crippen molar-refractivity contribution in [2.75, 3.05) is 12.4 Å². The van der Waals surface area contributed by atoms with Gasteiger partial charge in [-0.1, -0.05) is 6.92 Å². The largest absolute Gasteiger partial charge is 0.458 e. The number of fused-ring (bicyclic) bond motifs is 5. The highest BCUT2D eigenvalue weighted by atomic mass is 19.1. The van der Waals surface area contributed by atoms with Crippen LogP contribution >= 0.6 is 0 Å². The zero-order valence-electron chi connectivity index (χ0n) is 20.2. The Morgan fingerprint density at radius 1 is 1.33 bits per heavy atom. The minimum absolute atomic E-state index is 0.0310. The summed E-state index contributed by atoms with van der Waals surface area (Å²) in [5.74, 6) is -1.85. The van der Waals surface area contributed by atoms with Crippen LogP contribution in [0.1, 0.15) is 43.9 Å². The fraction of sp³-hybridized carbons (Fsp3) is 0.360. The third-order valence-electron chi connectivity index (χ3n) is 6.55. The van der Waals surface area contributed by atoms with Gasteiger partial charge >= 0.3 is 12.1 Å². The average Bonchev–Trinajstić information content (AvgIpc) is 3.20. The highest BCUT2D eigenvalue weighted by molar-refractivity contribution is 5.98. The maximum Gasteiger partial charge on any atom is 0.412 e. The van der Waals surface area contributed by atoms with Crippen LogP contribution in [0.15, 0.2) is 23.0 Å². The number of rotatable bonds is 4. The number of amides is 1. The molecule has 10 nitrogen and oxygen atoms in total. The van der Waals surface area contributed by atoms with Crippen molar-refractivity contribution >= 4 is 28.7 Å². The van der Waals surface area contributed by atoms with Crippen molar-refractivity contribution in [1.82, 2.24) is 14.9 Å². The zero-order valence-corrected chi connectivity index (χ0v) is 20.2. The zero-order chi connectivity index (χ0) is 25.9. The van der Waals surface area contributed by atoms with Crippen molar-refractivity contribution in [2.24, 2.45) is 0 Å². The first kappa shape index (κ1) is 23.7. The lowest BCUT2D eigenvalue weighted by Gasteiger charge is -2.31. The monoisotopic (exact) mass is 496 g/mol. The van der Waals surface area contributed by atoms with Crippen molar-refractivity contribution in [3.63, 3.8) is 0 Å². The predicted molar refractivity (Wildman–Crippen MR) is 128 cm³/mol. The Bertz CT molecular complexity index is 1520. The summed E-state index contributed by atoms with van der Waals surface area (Å²) in [6, 6.07) is 4.42. The Morgan fingerprint density at radius 3 is 2.75 bits per heavy atom. The molecule has 0 aliphatic carbocycles. The molecule has 36 heavy (non-hydrogen) atoms. The highest BCUT2D eigenvalue weighted by Crippen LogP contribution is 2.42. The number of benzene rings is 1. The van der Waals surface area contributed by atoms with Gasteiger partial charge in [-0.25, -0.2) is 19.0 Å². The van der Waals surface area contributed by atoms with E-state index in [4.69, 9.17) is 9.47 Å². The van der Waals surface area contributed by atoms with E-state index >= 15 is 4.39 Å². The maximum atomic E-state index is 15.1. The van der Waals surface area contributed by atoms with Crippen molar-refractivity contribution < 1.29 is 28.6 Å². The molecular weight excluding hydrogens is 471 g/mol. The molecule has 1 aromatic carbocycles. The number of aromatic nitrogens is 2. The number of aliphatic hydroxyl groups is 1. The minimum atomic E-state index is -1.94. The first-order valence-electron chi connectivity index (χ1n) is 11.6. The van der Waals surface area contributed by atoms with Gasteiger partial charge in [0, 0.05) is 35.7 Å². The molecule has 0 unspecified atom stereocenters. The first-order chi connectivity index (χ1) is 17.1. The third-order valence-corrected chi connectivity index (χ3v) is 6.55. The van der Waals surface area contributed by atoms with Crippen molar-refractivity contribution in [3.8, 4) is 17.1 Å². The van der Waals surface area contributed by atoms with Gasteiger partial charge in [0.2, 0.25) is 0 Å². The van der Waals surface area contributed by atoms with E-state index in [1.807, 2.05) is 13.8 Å². The van der Waals surface area contributed by atoms with Gasteiger partial charge in [-0.15, -0.1) is 0 Å². The molecule has 5 rings (SSSR count). The van der Waals surface area contributed by atoms with E-state index in [1.54, 1.807) is 19.1 Å². The normalized spacial score (nSPS) is 17.9. The number of anilines is 1. The number of hydrogen-bond acceptors (Lipinski definition) is 8. The van der Waals surface area contributed by atoms with E-state index in [2.05, 4.69) is 15.6 Å². The summed E-state index contributed by atoms with van der Waals surface area (Å²) in [4.78, 5) is 42.2. The Kier molecular flexibility index (Phi) is 5.47. The lowest BCUT2D eigenvalue weighted by Crippen LogP contribution is -2.44. The molecule has 0 saturated heterocycles. The summed E-state index contributed by atoms with van der Waals surface area (Å²) >= 11 is 0. The second-order valence-electron chi connectivity index (χ2n) is 9.17. The van der Waals surface area contributed by atoms with Crippen molar-refractivity contribution in [1.29, 1.82) is 0 Å². The van der Waals surface area contributed by atoms with E-state index < -0.39 is 23.5 Å². The topological polar surface area (TPSA) is 132 Å². The Labute approximate surface area is 205 Å². The summed E-state index contributed by atoms with van der Waals surface area (Å²) in [7, 11) is 1.37. The van der Waals surface area contributed by atoms with Gasteiger partial charge in [-0.2, -0.15) is 0 Å². The quantitative estimate of drug-likeness (QED) is 0.368. The summed E-state index contributed by atoms with van der Waals surface area (Å²) in [6.07, 6.45) is -0.789. The van der Waals surface area contributed by atoms with E-state index in [0.717, 1.165) is 6.07 Å². The molecule has 11 heteroatoms. The van der Waals surface area contributed by atoms with Crippen molar-refractivity contribution in [2.45, 2.75) is 52.0 Å². The van der Waals surface area contributed by atoms with E-state index in [1.165, 1.54) is 11.6 Å². The second-order valence-corrected chi connectivity index (χ2v) is 9.17. The molecule has 4 heterocycles. The number of halogens is 1. The van der Waals surface area contributed by atoms with Crippen LogP contribution in [0, 0.1) is 5.82 Å². The molecule has 188 valence electrons. The number of nitrogens with zero attached hydrogens (tertiary/aromatic N) is 2. The lowest BCUT2D eigenvalue weighted by molar-refractivity contribution is -0.172. The van der Waals surface area contributed by atoms with Gasteiger partial charge in [0.25, 0.3) is 5.56 Å². The van der Waals surface area contributed by atoms with Crippen LogP contribution in [0.2, 0.25) is 0 Å². The highest BCUT2D eigenvalue weighted by Gasteiger charge is 2.45. The molecule has 3 aromatic rings. The molecule has 2 aromatic heterocycles. The molecule has 2 aliphatic heterocycles. The van der Waals surface area contributed by atoms with Gasteiger partial charge in [-0.05, 0) is 32.4 Å². The fourth-order valence-corrected chi connectivity index (χ4v) is 4.75. The molecular formula is C25H25FN4O6. The van der Waals surface area contributed by atoms with Gasteiger partial charge < -0.3 is 29.8 Å². The Morgan fingerprint density at radius 2 is 2.08 bits per heavy atom. The Hall–Kier alpha value is -3.99. The number of esters is 1. The molecule has 1 amide bonds. The number of cyclic esters (lactones) is 1. The SMILES string of the molecule is CC[C@@]1(O)C(=O)OCc2c1cc1n(c2=O)Cc2cc3c(NC(C)C)c(OC(=O)NC)c(F)cc3nc2-1. The van der Waals surface area contributed by atoms with Crippen LogP contribution in [0.3, 0.4) is 0 Å². The second kappa shape index (κ2) is 8.30. The summed E-state index contributed by atoms with van der Waals surface area (Å²) in [5.41, 5.74) is 0.177. The average molecular weight is 496 g/mol. The number of ether oxygens (including phenoxy) is 2. The molecule has 1 atom stereocenters. The number of hydrogen-bond donors (Lipinski definition) is 3. The molecule has 0 radical (unpaired) electrons. The molecule has 2 aliphatic rings. The van der Waals surface area contributed by atoms with Crippen LogP contribution < -0.4 is 20.9 Å². The predicted octanol–water partition coefficient (Wildman–Crippen LogP) is 2.76. The summed E-state index contributed by atoms with van der Waals surface area (Å²) in [6.45, 7) is 5.31. The first-order valence-corrected chi connectivity index (χ1v) is 11.6. The molecule has 0 fully saturated rings. The lowest BCUT2D eigenvalue weighted by atomic mass is 9.86. The van der Waals surface area contributed by atoms with E-state index in [0.29, 0.717) is 22.3 Å². The van der Waals surface area contributed by atoms with Crippen LogP contribution in [0.4, 0.5) is 14.9 Å². The van der Waals surface area contributed by atoms with Gasteiger partial charge in [0.15, 0.2) is 17.2 Å². The molecule has 0 saturated carbocycles. The van der Waals surface area contributed by atoms with Gasteiger partial charge in [0.1, 0.15) is 6.61 Å². The third kappa shape index (κ3) is 3.41. The Balaban J connectivity index is 1.74. The van der Waals surface area contributed by atoms with Crippen LogP contribution in [0.5, 0.6) is 5.75 Å². The number of pyridine rings is 2. The number of carbonyl (C=O) groups is 2. The van der Waals surface area contributed by atoms with Gasteiger partial charge in [0.05, 0.1) is 34.7 Å². The van der Waals surface area contributed by atoms with E-state index in [9.17, 15) is 19.5 Å². The molecule has 3 N–H and O–H groups in total. The number of nitrogens with one attached hydrogen (secondary N) is 2. The summed E-state index contributed by atoms with van der Waals surface area (Å²) in [5, 5.41) is 17.0. The standard InChI is InChI=1S/C25H25FN4O6/c1-5-25(34)15-7-18-19-12(9-30(18)22(31)14(15)10-35-23(25)32)6-13-17(29-19)8-16(26)21(36-24(33)27-4)20(13)28-11(2)3/h6-8,11,28,34H,5,9-10H2,1-4H3,(H,27,33)/t25-/m0/s1. The molecule has 0 spiro atoms.